The standard InChI is InChI=1S/C22H35ClN4O5S2/c1-14(2)11-17(25-21(30)32-22(3,4)5)19(28)26-34(31,18-12-15(23)13-33-18)27-20(29)24-16-9-7-6-8-10-16/h12-14,16-17H,6-11H2,1-5H3,(H,25,30)(H2,24,26,27,28,29,31)/t17-,34?/m0/s1. The highest BCUT2D eigenvalue weighted by atomic mass is 35.5. The van der Waals surface area contributed by atoms with E-state index in [9.17, 15) is 18.6 Å². The summed E-state index contributed by atoms with van der Waals surface area (Å²) in [7, 11) is -3.69. The van der Waals surface area contributed by atoms with Gasteiger partial charge in [0.1, 0.15) is 15.9 Å². The highest BCUT2D eigenvalue weighted by molar-refractivity contribution is 7.94. The van der Waals surface area contributed by atoms with Gasteiger partial charge in [-0.1, -0.05) is 44.7 Å². The number of hydrogen-bond donors (Lipinski definition) is 3. The molecular weight excluding hydrogens is 500 g/mol. The van der Waals surface area contributed by atoms with Crippen LogP contribution in [0.15, 0.2) is 20.0 Å². The highest BCUT2D eigenvalue weighted by Crippen LogP contribution is 2.26. The Morgan fingerprint density at radius 2 is 1.88 bits per heavy atom. The number of carbonyl (C=O) groups excluding carboxylic acids is 3. The predicted octanol–water partition coefficient (Wildman–Crippen LogP) is 5.24. The Morgan fingerprint density at radius 3 is 2.41 bits per heavy atom. The molecule has 4 amide bonds. The number of amides is 4. The minimum Gasteiger partial charge on any atom is -0.444 e. The number of thiophene rings is 1. The van der Waals surface area contributed by atoms with Crippen LogP contribution in [-0.2, 0) is 19.4 Å². The van der Waals surface area contributed by atoms with Crippen molar-refractivity contribution in [3.8, 4) is 0 Å². The quantitative estimate of drug-likeness (QED) is 0.441. The van der Waals surface area contributed by atoms with Gasteiger partial charge in [0.15, 0.2) is 9.92 Å². The summed E-state index contributed by atoms with van der Waals surface area (Å²) in [5.74, 6) is -0.805. The molecule has 34 heavy (non-hydrogen) atoms. The number of halogens is 1. The minimum atomic E-state index is -3.69. The van der Waals surface area contributed by atoms with Gasteiger partial charge in [0.05, 0.1) is 5.02 Å². The third-order valence-corrected chi connectivity index (χ3v) is 8.50. The van der Waals surface area contributed by atoms with Gasteiger partial charge in [-0.05, 0) is 52.0 Å². The van der Waals surface area contributed by atoms with E-state index >= 15 is 0 Å². The lowest BCUT2D eigenvalue weighted by Gasteiger charge is -2.24. The molecule has 1 saturated carbocycles. The van der Waals surface area contributed by atoms with Gasteiger partial charge in [0, 0.05) is 11.4 Å². The molecule has 0 radical (unpaired) electrons. The van der Waals surface area contributed by atoms with Crippen molar-refractivity contribution >= 4 is 50.9 Å². The molecule has 0 bridgehead atoms. The maximum Gasteiger partial charge on any atom is 0.408 e. The van der Waals surface area contributed by atoms with Crippen LogP contribution in [0.1, 0.15) is 73.1 Å². The fraction of sp³-hybridized carbons (Fsp3) is 0.682. The number of ether oxygens (including phenoxy) is 1. The summed E-state index contributed by atoms with van der Waals surface area (Å²) in [4.78, 5) is 38.1. The molecule has 0 aliphatic heterocycles. The Morgan fingerprint density at radius 1 is 1.24 bits per heavy atom. The summed E-state index contributed by atoms with van der Waals surface area (Å²) in [5, 5.41) is 7.21. The zero-order chi connectivity index (χ0) is 25.5. The van der Waals surface area contributed by atoms with Gasteiger partial charge in [-0.25, -0.2) is 18.5 Å². The highest BCUT2D eigenvalue weighted by Gasteiger charge is 2.29. The van der Waals surface area contributed by atoms with Gasteiger partial charge < -0.3 is 15.4 Å². The first-order chi connectivity index (χ1) is 15.8. The first-order valence-corrected chi connectivity index (χ1v) is 14.2. The van der Waals surface area contributed by atoms with E-state index in [1.807, 2.05) is 13.8 Å². The maximum atomic E-state index is 13.8. The van der Waals surface area contributed by atoms with Crippen LogP contribution < -0.4 is 15.4 Å². The molecular formula is C22H35ClN4O5S2. The summed E-state index contributed by atoms with van der Waals surface area (Å²) in [6, 6.07) is -0.360. The van der Waals surface area contributed by atoms with Gasteiger partial charge in [0.25, 0.3) is 5.91 Å². The average molecular weight is 535 g/mol. The first-order valence-electron chi connectivity index (χ1n) is 11.4. The van der Waals surface area contributed by atoms with Crippen molar-refractivity contribution in [2.24, 2.45) is 10.3 Å². The monoisotopic (exact) mass is 534 g/mol. The summed E-state index contributed by atoms with van der Waals surface area (Å²) in [6.07, 6.45) is 4.29. The van der Waals surface area contributed by atoms with Crippen LogP contribution in [0, 0.1) is 5.92 Å². The molecule has 192 valence electrons. The second kappa shape index (κ2) is 12.2. The number of alkyl carbamates (subject to hydrolysis) is 1. The molecule has 0 saturated heterocycles. The number of nitrogens with one attached hydrogen (secondary N) is 3. The number of urea groups is 1. The molecule has 0 spiro atoms. The van der Waals surface area contributed by atoms with E-state index in [0.29, 0.717) is 5.02 Å². The first kappa shape index (κ1) is 28.4. The molecule has 1 aliphatic rings. The Balaban J connectivity index is 2.30. The Bertz CT molecular complexity index is 990. The lowest BCUT2D eigenvalue weighted by Crippen LogP contribution is -2.46. The molecule has 1 aromatic rings. The van der Waals surface area contributed by atoms with Crippen molar-refractivity contribution in [3.05, 3.63) is 16.5 Å². The summed E-state index contributed by atoms with van der Waals surface area (Å²) in [6.45, 7) is 8.88. The van der Waals surface area contributed by atoms with E-state index in [1.54, 1.807) is 26.2 Å². The molecule has 2 atom stereocenters. The van der Waals surface area contributed by atoms with Crippen LogP contribution in [0.25, 0.3) is 0 Å². The molecule has 12 heteroatoms. The Kier molecular flexibility index (Phi) is 10.2. The van der Waals surface area contributed by atoms with Crippen LogP contribution in [0.3, 0.4) is 0 Å². The zero-order valence-electron chi connectivity index (χ0n) is 20.3. The van der Waals surface area contributed by atoms with Crippen LogP contribution in [0.5, 0.6) is 0 Å². The number of hydrogen-bond acceptors (Lipinski definition) is 6. The fourth-order valence-electron chi connectivity index (χ4n) is 3.48. The van der Waals surface area contributed by atoms with E-state index in [1.165, 1.54) is 6.07 Å². The van der Waals surface area contributed by atoms with Crippen molar-refractivity contribution in [2.75, 3.05) is 0 Å². The van der Waals surface area contributed by atoms with E-state index in [-0.39, 0.29) is 22.6 Å². The number of rotatable bonds is 7. The second-order valence-corrected chi connectivity index (χ2v) is 13.3. The normalized spacial score (nSPS) is 17.4. The Hall–Kier alpha value is -1.85. The van der Waals surface area contributed by atoms with Gasteiger partial charge in [0.2, 0.25) is 0 Å². The van der Waals surface area contributed by atoms with E-state index in [2.05, 4.69) is 19.7 Å². The van der Waals surface area contributed by atoms with Crippen LogP contribution in [0.2, 0.25) is 5.02 Å². The van der Waals surface area contributed by atoms with E-state index < -0.39 is 39.6 Å². The number of carbonyl (C=O) groups is 3. The third-order valence-electron chi connectivity index (χ3n) is 4.90. The van der Waals surface area contributed by atoms with Crippen molar-refractivity contribution < 1.29 is 23.3 Å². The summed E-state index contributed by atoms with van der Waals surface area (Å²) < 4.78 is 25.5. The smallest absolute Gasteiger partial charge is 0.408 e. The minimum absolute atomic E-state index is 0.0221. The third kappa shape index (κ3) is 9.42. The average Bonchev–Trinajstić information content (AvgIpc) is 3.13. The van der Waals surface area contributed by atoms with E-state index in [0.717, 1.165) is 43.4 Å². The van der Waals surface area contributed by atoms with Gasteiger partial charge in [-0.2, -0.15) is 0 Å². The predicted molar refractivity (Wildman–Crippen MR) is 134 cm³/mol. The molecule has 3 N–H and O–H groups in total. The summed E-state index contributed by atoms with van der Waals surface area (Å²) >= 11 is 7.04. The van der Waals surface area contributed by atoms with Crippen LogP contribution in [-0.4, -0.2) is 39.9 Å². The molecule has 2 rings (SSSR count). The van der Waals surface area contributed by atoms with Crippen molar-refractivity contribution in [2.45, 2.75) is 95.0 Å². The fourth-order valence-corrected chi connectivity index (χ4v) is 6.46. The van der Waals surface area contributed by atoms with Gasteiger partial charge in [-0.15, -0.1) is 15.7 Å². The Labute approximate surface area is 211 Å². The van der Waals surface area contributed by atoms with Crippen LogP contribution >= 0.6 is 22.9 Å². The van der Waals surface area contributed by atoms with Gasteiger partial charge in [-0.3, -0.25) is 4.79 Å². The lowest BCUT2D eigenvalue weighted by atomic mass is 9.96. The van der Waals surface area contributed by atoms with Crippen molar-refractivity contribution in [3.63, 3.8) is 0 Å². The molecule has 1 aliphatic carbocycles. The molecule has 9 nitrogen and oxygen atoms in total. The topological polar surface area (TPSA) is 126 Å². The second-order valence-electron chi connectivity index (χ2n) is 9.78. The largest absolute Gasteiger partial charge is 0.444 e. The zero-order valence-corrected chi connectivity index (χ0v) is 22.7. The SMILES string of the molecule is CC(C)C[C@H](NC(=O)OC(C)(C)C)C(=O)N=S(=O)(NC(=O)NC1CCCCC1)c1cc(Cl)cs1. The van der Waals surface area contributed by atoms with Crippen LogP contribution in [0.4, 0.5) is 9.59 Å². The molecule has 1 unspecified atom stereocenters. The summed E-state index contributed by atoms with van der Waals surface area (Å²) in [5.41, 5.74) is -0.757. The number of nitrogens with zero attached hydrogens (tertiary/aromatic N) is 1. The maximum absolute atomic E-state index is 13.8. The van der Waals surface area contributed by atoms with E-state index in [4.69, 9.17) is 16.3 Å². The van der Waals surface area contributed by atoms with Crippen molar-refractivity contribution in [1.82, 2.24) is 15.4 Å². The molecule has 1 aromatic heterocycles. The molecule has 1 fully saturated rings. The molecule has 1 heterocycles. The molecule has 0 aromatic carbocycles. The lowest BCUT2D eigenvalue weighted by molar-refractivity contribution is -0.120. The van der Waals surface area contributed by atoms with Crippen molar-refractivity contribution in [1.29, 1.82) is 0 Å². The van der Waals surface area contributed by atoms with Gasteiger partial charge >= 0.3 is 12.1 Å².